The van der Waals surface area contributed by atoms with Gasteiger partial charge in [0.25, 0.3) is 0 Å². The molecule has 19 heavy (non-hydrogen) atoms. The van der Waals surface area contributed by atoms with Gasteiger partial charge in [0.1, 0.15) is 0 Å². The highest BCUT2D eigenvalue weighted by Gasteiger charge is 2.34. The zero-order valence-electron chi connectivity index (χ0n) is 12.2. The fraction of sp³-hybridized carbons (Fsp3) is 0.647. The first-order valence-electron chi connectivity index (χ1n) is 7.70. The summed E-state index contributed by atoms with van der Waals surface area (Å²) in [6.45, 7) is 6.64. The van der Waals surface area contributed by atoms with Crippen LogP contribution in [0.2, 0.25) is 0 Å². The molecule has 2 saturated carbocycles. The van der Waals surface area contributed by atoms with Crippen LogP contribution >= 0.6 is 0 Å². The normalized spacial score (nSPS) is 20.8. The predicted octanol–water partition coefficient (Wildman–Crippen LogP) is 3.18. The van der Waals surface area contributed by atoms with Gasteiger partial charge in [-0.1, -0.05) is 23.8 Å². The van der Waals surface area contributed by atoms with E-state index in [4.69, 9.17) is 5.73 Å². The van der Waals surface area contributed by atoms with Crippen molar-refractivity contribution in [3.63, 3.8) is 0 Å². The predicted molar refractivity (Wildman–Crippen MR) is 80.2 cm³/mol. The fourth-order valence-corrected chi connectivity index (χ4v) is 3.04. The van der Waals surface area contributed by atoms with Gasteiger partial charge in [-0.05, 0) is 56.6 Å². The second kappa shape index (κ2) is 5.26. The third-order valence-corrected chi connectivity index (χ3v) is 4.51. The standard InChI is InChI=1S/C17H26N2/c1-12-3-8-16(13(2)9-12)17(18)11-19(15-6-7-15)10-14-4-5-14/h3,8-9,14-15,17H,4-7,10-11,18H2,1-2H3. The summed E-state index contributed by atoms with van der Waals surface area (Å²) in [5.74, 6) is 0.965. The molecule has 0 radical (unpaired) electrons. The molecule has 0 amide bonds. The van der Waals surface area contributed by atoms with Crippen molar-refractivity contribution in [2.75, 3.05) is 13.1 Å². The maximum atomic E-state index is 6.47. The third-order valence-electron chi connectivity index (χ3n) is 4.51. The zero-order chi connectivity index (χ0) is 13.4. The highest BCUT2D eigenvalue weighted by atomic mass is 15.2. The lowest BCUT2D eigenvalue weighted by atomic mass is 9.99. The summed E-state index contributed by atoms with van der Waals surface area (Å²) in [5, 5.41) is 0. The van der Waals surface area contributed by atoms with E-state index in [1.54, 1.807) is 0 Å². The molecule has 2 heteroatoms. The van der Waals surface area contributed by atoms with Crippen LogP contribution < -0.4 is 5.73 Å². The lowest BCUT2D eigenvalue weighted by Crippen LogP contribution is -2.35. The van der Waals surface area contributed by atoms with Crippen molar-refractivity contribution in [1.29, 1.82) is 0 Å². The lowest BCUT2D eigenvalue weighted by molar-refractivity contribution is 0.237. The number of hydrogen-bond acceptors (Lipinski definition) is 2. The number of nitrogens with zero attached hydrogens (tertiary/aromatic N) is 1. The van der Waals surface area contributed by atoms with Gasteiger partial charge in [-0.15, -0.1) is 0 Å². The summed E-state index contributed by atoms with van der Waals surface area (Å²) in [6.07, 6.45) is 5.63. The smallest absolute Gasteiger partial charge is 0.0427 e. The van der Waals surface area contributed by atoms with E-state index >= 15 is 0 Å². The van der Waals surface area contributed by atoms with Crippen LogP contribution in [0, 0.1) is 19.8 Å². The van der Waals surface area contributed by atoms with Crippen molar-refractivity contribution in [3.05, 3.63) is 34.9 Å². The first kappa shape index (κ1) is 13.1. The molecule has 0 spiro atoms. The Morgan fingerprint density at radius 3 is 2.53 bits per heavy atom. The highest BCUT2D eigenvalue weighted by molar-refractivity contribution is 5.32. The molecule has 0 saturated heterocycles. The minimum Gasteiger partial charge on any atom is -0.323 e. The number of aryl methyl sites for hydroxylation is 2. The SMILES string of the molecule is Cc1ccc(C(N)CN(CC2CC2)C2CC2)c(C)c1. The molecule has 2 aliphatic carbocycles. The van der Waals surface area contributed by atoms with Gasteiger partial charge in [-0.3, -0.25) is 4.90 Å². The molecule has 0 aromatic heterocycles. The highest BCUT2D eigenvalue weighted by Crippen LogP contribution is 2.35. The molecule has 2 N–H and O–H groups in total. The molecule has 2 aliphatic rings. The van der Waals surface area contributed by atoms with Gasteiger partial charge in [0.05, 0.1) is 0 Å². The summed E-state index contributed by atoms with van der Waals surface area (Å²) < 4.78 is 0. The number of rotatable bonds is 6. The average Bonchev–Trinajstić information content (AvgIpc) is 3.22. The van der Waals surface area contributed by atoms with Crippen LogP contribution in [0.5, 0.6) is 0 Å². The molecular formula is C17H26N2. The average molecular weight is 258 g/mol. The summed E-state index contributed by atoms with van der Waals surface area (Å²) in [6, 6.07) is 7.65. The molecule has 1 atom stereocenters. The summed E-state index contributed by atoms with van der Waals surface area (Å²) in [5.41, 5.74) is 10.5. The Labute approximate surface area is 117 Å². The van der Waals surface area contributed by atoms with E-state index < -0.39 is 0 Å². The maximum absolute atomic E-state index is 6.47. The van der Waals surface area contributed by atoms with Crippen LogP contribution in [0.4, 0.5) is 0 Å². The topological polar surface area (TPSA) is 29.3 Å². The van der Waals surface area contributed by atoms with Crippen LogP contribution in [0.25, 0.3) is 0 Å². The molecule has 104 valence electrons. The first-order valence-corrected chi connectivity index (χ1v) is 7.70. The molecule has 2 fully saturated rings. The molecule has 1 aromatic carbocycles. The molecule has 3 rings (SSSR count). The quantitative estimate of drug-likeness (QED) is 0.849. The van der Waals surface area contributed by atoms with Gasteiger partial charge in [-0.2, -0.15) is 0 Å². The Kier molecular flexibility index (Phi) is 3.64. The van der Waals surface area contributed by atoms with Gasteiger partial charge < -0.3 is 5.73 Å². The van der Waals surface area contributed by atoms with E-state index in [1.165, 1.54) is 48.9 Å². The van der Waals surface area contributed by atoms with Gasteiger partial charge in [0.15, 0.2) is 0 Å². The minimum absolute atomic E-state index is 0.167. The summed E-state index contributed by atoms with van der Waals surface area (Å²) in [4.78, 5) is 2.65. The molecule has 1 aromatic rings. The Morgan fingerprint density at radius 2 is 1.95 bits per heavy atom. The zero-order valence-corrected chi connectivity index (χ0v) is 12.2. The molecule has 0 bridgehead atoms. The number of nitrogens with two attached hydrogens (primary N) is 1. The molecule has 2 nitrogen and oxygen atoms in total. The largest absolute Gasteiger partial charge is 0.323 e. The van der Waals surface area contributed by atoms with Crippen molar-refractivity contribution in [1.82, 2.24) is 4.90 Å². The van der Waals surface area contributed by atoms with E-state index in [-0.39, 0.29) is 6.04 Å². The van der Waals surface area contributed by atoms with Gasteiger partial charge in [0.2, 0.25) is 0 Å². The lowest BCUT2D eigenvalue weighted by Gasteiger charge is -2.26. The van der Waals surface area contributed by atoms with E-state index in [2.05, 4.69) is 36.9 Å². The maximum Gasteiger partial charge on any atom is 0.0427 e. The van der Waals surface area contributed by atoms with E-state index in [0.29, 0.717) is 0 Å². The minimum atomic E-state index is 0.167. The number of hydrogen-bond donors (Lipinski definition) is 1. The Morgan fingerprint density at radius 1 is 1.21 bits per heavy atom. The molecular weight excluding hydrogens is 232 g/mol. The van der Waals surface area contributed by atoms with Gasteiger partial charge in [0, 0.05) is 25.2 Å². The Balaban J connectivity index is 1.66. The van der Waals surface area contributed by atoms with Crippen molar-refractivity contribution in [2.45, 2.75) is 51.6 Å². The second-order valence-electron chi connectivity index (χ2n) is 6.59. The van der Waals surface area contributed by atoms with Crippen LogP contribution in [0.15, 0.2) is 18.2 Å². The van der Waals surface area contributed by atoms with Crippen molar-refractivity contribution < 1.29 is 0 Å². The molecule has 0 aliphatic heterocycles. The monoisotopic (exact) mass is 258 g/mol. The second-order valence-corrected chi connectivity index (χ2v) is 6.59. The van der Waals surface area contributed by atoms with E-state index in [9.17, 15) is 0 Å². The molecule has 1 unspecified atom stereocenters. The van der Waals surface area contributed by atoms with Crippen LogP contribution in [0.3, 0.4) is 0 Å². The van der Waals surface area contributed by atoms with Crippen LogP contribution in [-0.4, -0.2) is 24.0 Å². The van der Waals surface area contributed by atoms with Crippen molar-refractivity contribution in [2.24, 2.45) is 11.7 Å². The molecule has 0 heterocycles. The van der Waals surface area contributed by atoms with Gasteiger partial charge >= 0.3 is 0 Å². The van der Waals surface area contributed by atoms with E-state index in [1.807, 2.05) is 0 Å². The van der Waals surface area contributed by atoms with Gasteiger partial charge in [-0.25, -0.2) is 0 Å². The van der Waals surface area contributed by atoms with Crippen molar-refractivity contribution >= 4 is 0 Å². The Bertz CT molecular complexity index is 447. The summed E-state index contributed by atoms with van der Waals surface area (Å²) in [7, 11) is 0. The fourth-order valence-electron chi connectivity index (χ4n) is 3.04. The van der Waals surface area contributed by atoms with Crippen LogP contribution in [0.1, 0.15) is 48.4 Å². The van der Waals surface area contributed by atoms with E-state index in [0.717, 1.165) is 18.5 Å². The van der Waals surface area contributed by atoms with Crippen LogP contribution in [-0.2, 0) is 0 Å². The van der Waals surface area contributed by atoms with Crippen molar-refractivity contribution in [3.8, 4) is 0 Å². The first-order chi connectivity index (χ1) is 9.13. The Hall–Kier alpha value is -0.860. The summed E-state index contributed by atoms with van der Waals surface area (Å²) >= 11 is 0. The third kappa shape index (κ3) is 3.37. The number of benzene rings is 1.